The van der Waals surface area contributed by atoms with Crippen LogP contribution in [0.4, 0.5) is 0 Å². The molecule has 182 valence electrons. The maximum Gasteiger partial charge on any atom is 0.0974 e. The lowest BCUT2D eigenvalue weighted by Crippen LogP contribution is -2.60. The molecule has 0 amide bonds. The SMILES string of the molecule is CC12CC=C3C=C4CC[C@@H](N5CC(O)C5)C[C@]45CC[C@]3(O5)[C@@H]1CCC2c1ccc2ccncc2c1. The van der Waals surface area contributed by atoms with Crippen molar-refractivity contribution in [2.24, 2.45) is 11.3 Å². The minimum absolute atomic E-state index is 0.0637. The number of likely N-dealkylation sites (tertiary alicyclic amines) is 1. The number of hydrogen-bond acceptors (Lipinski definition) is 4. The van der Waals surface area contributed by atoms with Crippen molar-refractivity contribution in [3.8, 4) is 0 Å². The maximum absolute atomic E-state index is 9.88. The number of aromatic nitrogens is 1. The molecule has 8 rings (SSSR count). The van der Waals surface area contributed by atoms with Crippen LogP contribution in [0, 0.1) is 11.3 Å². The van der Waals surface area contributed by atoms with Crippen LogP contribution < -0.4 is 0 Å². The molecule has 1 N–H and O–H groups in total. The number of ether oxygens (including phenoxy) is 1. The van der Waals surface area contributed by atoms with Crippen LogP contribution in [0.2, 0.25) is 0 Å². The van der Waals surface area contributed by atoms with Gasteiger partial charge in [0.25, 0.3) is 0 Å². The Balaban J connectivity index is 1.14. The molecule has 2 aromatic rings. The molecule has 6 atom stereocenters. The molecule has 4 nitrogen and oxygen atoms in total. The van der Waals surface area contributed by atoms with E-state index in [0.29, 0.717) is 17.9 Å². The Labute approximate surface area is 208 Å². The third-order valence-electron chi connectivity index (χ3n) is 11.1. The predicted molar refractivity (Wildman–Crippen MR) is 137 cm³/mol. The van der Waals surface area contributed by atoms with E-state index in [0.717, 1.165) is 32.4 Å². The number of β-amino-alcohol motifs (C(OH)–C–C–N with tert-alkyl or cyclic N) is 1. The summed E-state index contributed by atoms with van der Waals surface area (Å²) < 4.78 is 7.45. The van der Waals surface area contributed by atoms with Gasteiger partial charge >= 0.3 is 0 Å². The van der Waals surface area contributed by atoms with E-state index in [1.807, 2.05) is 12.4 Å². The van der Waals surface area contributed by atoms with Crippen molar-refractivity contribution in [1.82, 2.24) is 9.88 Å². The summed E-state index contributed by atoms with van der Waals surface area (Å²) in [5.41, 5.74) is 4.62. The highest BCUT2D eigenvalue weighted by atomic mass is 16.5. The second-order valence-electron chi connectivity index (χ2n) is 12.7. The standard InChI is InChI=1S/C31H36N2O2/c1-29-10-8-24-15-23-4-5-25(33-18-26(34)19-33)16-30(23)11-12-31(24,35-30)28(29)7-6-27(29)21-3-2-20-9-13-32-17-22(20)14-21/h2-3,8-9,13-15,17,25-28,34H,4-7,10-12,16,18-19H2,1H3/t25-,27?,28-,29?,30-,31-/m1/s1. The van der Waals surface area contributed by atoms with E-state index in [1.54, 1.807) is 5.57 Å². The van der Waals surface area contributed by atoms with Gasteiger partial charge in [-0.15, -0.1) is 0 Å². The van der Waals surface area contributed by atoms with Crippen LogP contribution in [-0.4, -0.2) is 51.4 Å². The van der Waals surface area contributed by atoms with E-state index in [2.05, 4.69) is 53.2 Å². The Bertz CT molecular complexity index is 1280. The minimum atomic E-state index is -0.124. The fraction of sp³-hybridized carbons (Fsp3) is 0.581. The topological polar surface area (TPSA) is 45.6 Å². The van der Waals surface area contributed by atoms with Gasteiger partial charge in [0.05, 0.1) is 17.3 Å². The van der Waals surface area contributed by atoms with Crippen molar-refractivity contribution >= 4 is 10.8 Å². The average molecular weight is 469 g/mol. The average Bonchev–Trinajstić information content (AvgIpc) is 3.36. The molecule has 4 fully saturated rings. The summed E-state index contributed by atoms with van der Waals surface area (Å²) in [6.07, 6.45) is 18.4. The zero-order valence-corrected chi connectivity index (χ0v) is 20.7. The van der Waals surface area contributed by atoms with E-state index in [-0.39, 0.29) is 22.7 Å². The monoisotopic (exact) mass is 468 g/mol. The Kier molecular flexibility index (Phi) is 4.26. The van der Waals surface area contributed by atoms with Gasteiger partial charge in [0.2, 0.25) is 0 Å². The van der Waals surface area contributed by atoms with Crippen LogP contribution in [0.3, 0.4) is 0 Å². The molecule has 2 bridgehead atoms. The first-order chi connectivity index (χ1) is 17.0. The van der Waals surface area contributed by atoms with Crippen molar-refractivity contribution in [2.45, 2.75) is 87.6 Å². The van der Waals surface area contributed by atoms with E-state index in [9.17, 15) is 5.11 Å². The number of fused-ring (bicyclic) bond motifs is 2. The highest BCUT2D eigenvalue weighted by molar-refractivity contribution is 5.82. The van der Waals surface area contributed by atoms with Gasteiger partial charge in [-0.1, -0.05) is 31.2 Å². The number of aliphatic hydroxyl groups is 1. The van der Waals surface area contributed by atoms with Crippen LogP contribution in [-0.2, 0) is 4.74 Å². The first kappa shape index (κ1) is 21.1. The first-order valence-electron chi connectivity index (χ1n) is 13.9. The van der Waals surface area contributed by atoms with E-state index >= 15 is 0 Å². The predicted octanol–water partition coefficient (Wildman–Crippen LogP) is 5.52. The first-order valence-corrected chi connectivity index (χ1v) is 13.9. The number of nitrogens with zero attached hydrogens (tertiary/aromatic N) is 2. The van der Waals surface area contributed by atoms with Gasteiger partial charge in [-0.3, -0.25) is 9.88 Å². The lowest BCUT2D eigenvalue weighted by molar-refractivity contribution is -0.147. The van der Waals surface area contributed by atoms with Crippen LogP contribution in [0.5, 0.6) is 0 Å². The van der Waals surface area contributed by atoms with Gasteiger partial charge in [0.15, 0.2) is 0 Å². The molecular formula is C31H36N2O2. The Morgan fingerprint density at radius 3 is 2.89 bits per heavy atom. The van der Waals surface area contributed by atoms with Crippen LogP contribution >= 0.6 is 0 Å². The number of hydrogen-bond donors (Lipinski definition) is 1. The van der Waals surface area contributed by atoms with E-state index in [1.165, 1.54) is 54.0 Å². The molecule has 1 aromatic heterocycles. The second kappa shape index (κ2) is 7.06. The Morgan fingerprint density at radius 2 is 2.00 bits per heavy atom. The van der Waals surface area contributed by atoms with Crippen molar-refractivity contribution in [2.75, 3.05) is 13.1 Å². The number of allylic oxidation sites excluding steroid dienone is 1. The highest BCUT2D eigenvalue weighted by Gasteiger charge is 2.66. The zero-order chi connectivity index (χ0) is 23.4. The molecule has 4 heterocycles. The normalized spacial score (nSPS) is 42.6. The minimum Gasteiger partial charge on any atom is -0.390 e. The van der Waals surface area contributed by atoms with Crippen LogP contribution in [0.15, 0.2) is 60.0 Å². The number of pyridine rings is 1. The Hall–Kier alpha value is -2.01. The summed E-state index contributed by atoms with van der Waals surface area (Å²) in [4.78, 5) is 6.88. The number of aliphatic hydroxyl groups excluding tert-OH is 1. The van der Waals surface area contributed by atoms with Gasteiger partial charge in [-0.25, -0.2) is 0 Å². The molecule has 4 heteroatoms. The summed E-state index contributed by atoms with van der Waals surface area (Å²) in [5, 5.41) is 12.4. The number of benzene rings is 1. The molecule has 3 aliphatic carbocycles. The molecule has 0 radical (unpaired) electrons. The lowest BCUT2D eigenvalue weighted by Gasteiger charge is -2.55. The van der Waals surface area contributed by atoms with Gasteiger partial charge in [-0.05, 0) is 103 Å². The summed E-state index contributed by atoms with van der Waals surface area (Å²) >= 11 is 0. The second-order valence-corrected chi connectivity index (χ2v) is 12.7. The van der Waals surface area contributed by atoms with Gasteiger partial charge < -0.3 is 9.84 Å². The molecule has 2 saturated carbocycles. The van der Waals surface area contributed by atoms with Gasteiger partial charge in [0, 0.05) is 36.9 Å². The summed E-state index contributed by atoms with van der Waals surface area (Å²) in [5.74, 6) is 1.14. The van der Waals surface area contributed by atoms with Crippen molar-refractivity contribution in [1.29, 1.82) is 0 Å². The third kappa shape index (κ3) is 2.77. The largest absolute Gasteiger partial charge is 0.390 e. The van der Waals surface area contributed by atoms with Gasteiger partial charge in [-0.2, -0.15) is 0 Å². The van der Waals surface area contributed by atoms with Crippen LogP contribution in [0.1, 0.15) is 69.8 Å². The van der Waals surface area contributed by atoms with Crippen molar-refractivity contribution in [3.63, 3.8) is 0 Å². The quantitative estimate of drug-likeness (QED) is 0.630. The molecule has 3 aliphatic heterocycles. The molecule has 2 saturated heterocycles. The molecular weight excluding hydrogens is 432 g/mol. The molecule has 2 unspecified atom stereocenters. The molecule has 6 aliphatic rings. The summed E-state index contributed by atoms with van der Waals surface area (Å²) in [6.45, 7) is 4.25. The van der Waals surface area contributed by atoms with Crippen molar-refractivity contribution in [3.05, 3.63) is 65.5 Å². The zero-order valence-electron chi connectivity index (χ0n) is 20.7. The van der Waals surface area contributed by atoms with E-state index < -0.39 is 0 Å². The summed E-state index contributed by atoms with van der Waals surface area (Å²) in [7, 11) is 0. The van der Waals surface area contributed by atoms with E-state index in [4.69, 9.17) is 4.74 Å². The lowest BCUT2D eigenvalue weighted by atomic mass is 9.58. The maximum atomic E-state index is 9.88. The third-order valence-corrected chi connectivity index (χ3v) is 11.1. The molecule has 1 aromatic carbocycles. The fourth-order valence-corrected chi connectivity index (χ4v) is 9.35. The Morgan fingerprint density at radius 1 is 1.09 bits per heavy atom. The molecule has 35 heavy (non-hydrogen) atoms. The van der Waals surface area contributed by atoms with Crippen molar-refractivity contribution < 1.29 is 9.84 Å². The summed E-state index contributed by atoms with van der Waals surface area (Å²) in [6, 6.07) is 9.75. The molecule has 2 spiro atoms. The highest BCUT2D eigenvalue weighted by Crippen LogP contribution is 2.69. The van der Waals surface area contributed by atoms with Crippen LogP contribution in [0.25, 0.3) is 10.8 Å². The smallest absolute Gasteiger partial charge is 0.0974 e. The number of rotatable bonds is 2. The van der Waals surface area contributed by atoms with Gasteiger partial charge in [0.1, 0.15) is 0 Å². The fourth-order valence-electron chi connectivity index (χ4n) is 9.35.